The maximum atomic E-state index is 6.55. The fourth-order valence-electron chi connectivity index (χ4n) is 7.26. The molecule has 0 aliphatic rings. The Kier molecular flexibility index (Phi) is 6.39. The van der Waals surface area contributed by atoms with Gasteiger partial charge in [0.2, 0.25) is 0 Å². The summed E-state index contributed by atoms with van der Waals surface area (Å²) in [6.45, 7) is 0. The Morgan fingerprint density at radius 2 is 1.04 bits per heavy atom. The van der Waals surface area contributed by atoms with Crippen molar-refractivity contribution in [3.63, 3.8) is 0 Å². The second kappa shape index (κ2) is 11.2. The molecule has 8 aromatic carbocycles. The molecule has 2 nitrogen and oxygen atoms in total. The third-order valence-electron chi connectivity index (χ3n) is 9.68. The monoisotopic (exact) mass is 643 g/mol. The Hall–Kier alpha value is -6.16. The lowest BCUT2D eigenvalue weighted by atomic mass is 10.0. The largest absolute Gasteiger partial charge is 0.454 e. The van der Waals surface area contributed by atoms with Crippen LogP contribution in [0.25, 0.3) is 75.1 Å². The number of anilines is 3. The Balaban J connectivity index is 1.09. The zero-order valence-electron chi connectivity index (χ0n) is 26.5. The number of nitrogens with zero attached hydrogens (tertiary/aromatic N) is 1. The highest BCUT2D eigenvalue weighted by Crippen LogP contribution is 2.44. The van der Waals surface area contributed by atoms with Crippen LogP contribution in [0.1, 0.15) is 0 Å². The van der Waals surface area contributed by atoms with E-state index in [0.717, 1.165) is 39.0 Å². The van der Waals surface area contributed by atoms with E-state index in [-0.39, 0.29) is 0 Å². The van der Waals surface area contributed by atoms with Gasteiger partial charge in [0, 0.05) is 42.3 Å². The summed E-state index contributed by atoms with van der Waals surface area (Å²) in [4.78, 5) is 2.31. The van der Waals surface area contributed by atoms with Gasteiger partial charge in [-0.05, 0) is 81.6 Å². The summed E-state index contributed by atoms with van der Waals surface area (Å²) in [5.74, 6) is 0. The molecule has 230 valence electrons. The quantitative estimate of drug-likeness (QED) is 0.186. The fourth-order valence-corrected chi connectivity index (χ4v) is 8.47. The van der Waals surface area contributed by atoms with Gasteiger partial charge in [0.25, 0.3) is 0 Å². The molecule has 0 spiro atoms. The summed E-state index contributed by atoms with van der Waals surface area (Å²) in [5.41, 5.74) is 9.70. The van der Waals surface area contributed by atoms with Gasteiger partial charge in [-0.25, -0.2) is 0 Å². The molecular weight excluding hydrogens is 615 g/mol. The highest BCUT2D eigenvalue weighted by atomic mass is 32.1. The van der Waals surface area contributed by atoms with Crippen molar-refractivity contribution in [3.8, 4) is 22.3 Å². The number of furan rings is 1. The molecule has 0 N–H and O–H groups in total. The first kappa shape index (κ1) is 27.9. The lowest BCUT2D eigenvalue weighted by Crippen LogP contribution is -2.10. The summed E-state index contributed by atoms with van der Waals surface area (Å²) in [5, 5.41) is 7.47. The number of hydrogen-bond acceptors (Lipinski definition) is 3. The van der Waals surface area contributed by atoms with Crippen LogP contribution in [0, 0.1) is 0 Å². The van der Waals surface area contributed by atoms with Crippen LogP contribution in [0.3, 0.4) is 0 Å². The fraction of sp³-hybridized carbons (Fsp3) is 0. The van der Waals surface area contributed by atoms with E-state index in [2.05, 4.69) is 169 Å². The Labute approximate surface area is 287 Å². The van der Waals surface area contributed by atoms with Crippen LogP contribution in [-0.2, 0) is 0 Å². The number of thiophene rings is 1. The Morgan fingerprint density at radius 3 is 1.84 bits per heavy atom. The van der Waals surface area contributed by atoms with Crippen LogP contribution in [0.4, 0.5) is 17.1 Å². The lowest BCUT2D eigenvalue weighted by molar-refractivity contribution is 0.669. The van der Waals surface area contributed by atoms with Gasteiger partial charge in [-0.15, -0.1) is 11.3 Å². The minimum Gasteiger partial charge on any atom is -0.454 e. The van der Waals surface area contributed by atoms with Gasteiger partial charge in [0.1, 0.15) is 5.58 Å². The molecule has 0 atom stereocenters. The van der Waals surface area contributed by atoms with Gasteiger partial charge < -0.3 is 9.32 Å². The Morgan fingerprint density at radius 1 is 0.408 bits per heavy atom. The molecule has 0 saturated carbocycles. The van der Waals surface area contributed by atoms with Gasteiger partial charge in [0.15, 0.2) is 5.58 Å². The van der Waals surface area contributed by atoms with Crippen molar-refractivity contribution in [2.75, 3.05) is 4.90 Å². The highest BCUT2D eigenvalue weighted by Gasteiger charge is 2.19. The molecule has 49 heavy (non-hydrogen) atoms. The molecule has 2 aromatic heterocycles. The van der Waals surface area contributed by atoms with Crippen molar-refractivity contribution in [3.05, 3.63) is 176 Å². The van der Waals surface area contributed by atoms with Gasteiger partial charge >= 0.3 is 0 Å². The van der Waals surface area contributed by atoms with E-state index >= 15 is 0 Å². The maximum Gasteiger partial charge on any atom is 0.159 e. The summed E-state index contributed by atoms with van der Waals surface area (Å²) in [6.07, 6.45) is 0. The average Bonchev–Trinajstić information content (AvgIpc) is 3.75. The second-order valence-electron chi connectivity index (χ2n) is 12.5. The van der Waals surface area contributed by atoms with Crippen LogP contribution in [0.15, 0.2) is 180 Å². The summed E-state index contributed by atoms with van der Waals surface area (Å²) >= 11 is 1.88. The summed E-state index contributed by atoms with van der Waals surface area (Å²) in [6, 6.07) is 63.1. The summed E-state index contributed by atoms with van der Waals surface area (Å²) < 4.78 is 9.22. The van der Waals surface area contributed by atoms with Crippen molar-refractivity contribution in [2.45, 2.75) is 0 Å². The molecule has 0 fully saturated rings. The smallest absolute Gasteiger partial charge is 0.159 e. The molecule has 0 amide bonds. The van der Waals surface area contributed by atoms with Crippen molar-refractivity contribution in [1.82, 2.24) is 0 Å². The molecule has 3 heteroatoms. The SMILES string of the molecule is c1ccc(-c2ccc(N(c3ccc(-c4ccc5sc6c7ccccc7ccc6c5c4)cc3)c3cccc4c3oc3ccccc34)cc2)cc1. The number of para-hydroxylation sites is 2. The van der Waals surface area contributed by atoms with Crippen molar-refractivity contribution >= 4 is 81.3 Å². The van der Waals surface area contributed by atoms with E-state index < -0.39 is 0 Å². The first-order valence-corrected chi connectivity index (χ1v) is 17.4. The molecule has 0 aliphatic carbocycles. The number of benzene rings is 8. The first-order valence-electron chi connectivity index (χ1n) is 16.6. The maximum absolute atomic E-state index is 6.55. The second-order valence-corrected chi connectivity index (χ2v) is 13.6. The van der Waals surface area contributed by atoms with E-state index in [9.17, 15) is 0 Å². The molecular formula is C46H29NOS. The van der Waals surface area contributed by atoms with E-state index in [1.54, 1.807) is 0 Å². The van der Waals surface area contributed by atoms with E-state index in [4.69, 9.17) is 4.42 Å². The third kappa shape index (κ3) is 4.62. The van der Waals surface area contributed by atoms with Crippen LogP contribution in [0.2, 0.25) is 0 Å². The van der Waals surface area contributed by atoms with E-state index in [0.29, 0.717) is 0 Å². The van der Waals surface area contributed by atoms with Crippen molar-refractivity contribution < 1.29 is 4.42 Å². The average molecular weight is 644 g/mol. The minimum absolute atomic E-state index is 0.877. The number of hydrogen-bond donors (Lipinski definition) is 0. The summed E-state index contributed by atoms with van der Waals surface area (Å²) in [7, 11) is 0. The molecule has 0 radical (unpaired) electrons. The Bertz CT molecular complexity index is 2810. The highest BCUT2D eigenvalue weighted by molar-refractivity contribution is 7.26. The lowest BCUT2D eigenvalue weighted by Gasteiger charge is -2.26. The molecule has 2 heterocycles. The van der Waals surface area contributed by atoms with Crippen LogP contribution >= 0.6 is 11.3 Å². The van der Waals surface area contributed by atoms with Gasteiger partial charge in [-0.1, -0.05) is 127 Å². The van der Waals surface area contributed by atoms with Crippen molar-refractivity contribution in [1.29, 1.82) is 0 Å². The number of rotatable bonds is 5. The third-order valence-corrected chi connectivity index (χ3v) is 10.9. The topological polar surface area (TPSA) is 16.4 Å². The molecule has 0 unspecified atom stereocenters. The van der Waals surface area contributed by atoms with Crippen LogP contribution < -0.4 is 4.90 Å². The molecule has 0 saturated heterocycles. The van der Waals surface area contributed by atoms with E-state index in [1.165, 1.54) is 53.2 Å². The van der Waals surface area contributed by atoms with Gasteiger partial charge in [-0.2, -0.15) is 0 Å². The number of fused-ring (bicyclic) bond motifs is 8. The predicted octanol–water partition coefficient (Wildman–Crippen LogP) is 13.9. The van der Waals surface area contributed by atoms with Crippen LogP contribution in [-0.4, -0.2) is 0 Å². The zero-order chi connectivity index (χ0) is 32.3. The van der Waals surface area contributed by atoms with E-state index in [1.807, 2.05) is 23.5 Å². The molecule has 10 rings (SSSR count). The first-order chi connectivity index (χ1) is 24.3. The molecule has 0 bridgehead atoms. The van der Waals surface area contributed by atoms with Gasteiger partial charge in [0.05, 0.1) is 5.69 Å². The minimum atomic E-state index is 0.877. The normalized spacial score (nSPS) is 11.7. The van der Waals surface area contributed by atoms with Gasteiger partial charge in [-0.3, -0.25) is 0 Å². The van der Waals surface area contributed by atoms with Crippen LogP contribution in [0.5, 0.6) is 0 Å². The van der Waals surface area contributed by atoms with Crippen molar-refractivity contribution in [2.24, 2.45) is 0 Å². The predicted molar refractivity (Wildman–Crippen MR) is 210 cm³/mol. The zero-order valence-corrected chi connectivity index (χ0v) is 27.3. The molecule has 0 aliphatic heterocycles. The standard InChI is InChI=1S/C46H29NOS/c1-2-9-30(10-3-1)31-17-23-35(24-18-31)47(42-15-8-14-39-38-13-6-7-16-43(38)48-45(39)42)36-25-19-32(20-26-36)34-22-28-44-41(29-34)40-27-21-33-11-4-5-12-37(33)46(40)49-44/h1-29H. The molecule has 10 aromatic rings.